The molecule has 1 aliphatic heterocycles. The molecule has 0 unspecified atom stereocenters. The van der Waals surface area contributed by atoms with Crippen LogP contribution in [0.15, 0.2) is 60.8 Å². The molecule has 2 aromatic rings. The van der Waals surface area contributed by atoms with Gasteiger partial charge in [-0.25, -0.2) is 4.39 Å². The van der Waals surface area contributed by atoms with Crippen molar-refractivity contribution in [3.05, 3.63) is 66.6 Å². The zero-order valence-corrected chi connectivity index (χ0v) is 20.0. The molecule has 3 atom stereocenters. The lowest BCUT2D eigenvalue weighted by molar-refractivity contribution is -0.144. The highest BCUT2D eigenvalue weighted by atomic mass is 19.1. The molecule has 8 heteroatoms. The number of aliphatic hydroxyl groups excluding tert-OH is 1. The highest BCUT2D eigenvalue weighted by Gasteiger charge is 2.44. The Kier molecular flexibility index (Phi) is 7.61. The van der Waals surface area contributed by atoms with E-state index in [2.05, 4.69) is 17.4 Å². The standard InChI is InChI=1S/C26H32FN3O4/c1-16(2)28-23(26(3,4)5)25(33)30-15-18(31)14-22(30)24(32)29-34-19-12-10-17(11-13-19)20-8-6-7-9-21(20)27/h6-13,18,22-23,28,31H,1,14-15H2,2-5H3,(H,29,32)/t18-,22+,23-/m1/s1. The molecule has 1 aliphatic rings. The largest absolute Gasteiger partial charge is 0.391 e. The van der Waals surface area contributed by atoms with Gasteiger partial charge in [0.1, 0.15) is 17.9 Å². The number of benzene rings is 2. The number of nitrogens with zero attached hydrogens (tertiary/aromatic N) is 1. The molecule has 1 fully saturated rings. The number of hydrogen-bond acceptors (Lipinski definition) is 5. The Hall–Kier alpha value is -3.39. The summed E-state index contributed by atoms with van der Waals surface area (Å²) in [5, 5.41) is 13.3. The highest BCUT2D eigenvalue weighted by Crippen LogP contribution is 2.27. The first-order valence-corrected chi connectivity index (χ1v) is 11.2. The van der Waals surface area contributed by atoms with Crippen molar-refractivity contribution in [2.45, 2.75) is 52.3 Å². The summed E-state index contributed by atoms with van der Waals surface area (Å²) in [6.07, 6.45) is -0.706. The van der Waals surface area contributed by atoms with Crippen LogP contribution in [0.3, 0.4) is 0 Å². The molecule has 3 rings (SSSR count). The zero-order valence-electron chi connectivity index (χ0n) is 20.0. The lowest BCUT2D eigenvalue weighted by Crippen LogP contribution is -2.56. The van der Waals surface area contributed by atoms with Crippen LogP contribution in [-0.4, -0.2) is 46.6 Å². The summed E-state index contributed by atoms with van der Waals surface area (Å²) in [6.45, 7) is 11.4. The average molecular weight is 470 g/mol. The molecule has 0 radical (unpaired) electrons. The molecule has 1 heterocycles. The number of carbonyl (C=O) groups excluding carboxylic acids is 2. The third kappa shape index (κ3) is 5.94. The van der Waals surface area contributed by atoms with Crippen LogP contribution in [-0.2, 0) is 9.59 Å². The highest BCUT2D eigenvalue weighted by molar-refractivity contribution is 5.90. The van der Waals surface area contributed by atoms with Crippen molar-refractivity contribution in [3.63, 3.8) is 0 Å². The van der Waals surface area contributed by atoms with Crippen LogP contribution in [0, 0.1) is 11.2 Å². The van der Waals surface area contributed by atoms with Crippen LogP contribution in [0.25, 0.3) is 11.1 Å². The second kappa shape index (κ2) is 10.3. The fourth-order valence-electron chi connectivity index (χ4n) is 3.94. The second-order valence-electron chi connectivity index (χ2n) is 9.69. The summed E-state index contributed by atoms with van der Waals surface area (Å²) in [4.78, 5) is 33.0. The van der Waals surface area contributed by atoms with Gasteiger partial charge in [-0.3, -0.25) is 9.59 Å². The van der Waals surface area contributed by atoms with Gasteiger partial charge < -0.3 is 20.2 Å². The first-order chi connectivity index (χ1) is 16.0. The first-order valence-electron chi connectivity index (χ1n) is 11.2. The van der Waals surface area contributed by atoms with Crippen molar-refractivity contribution in [2.75, 3.05) is 6.54 Å². The van der Waals surface area contributed by atoms with Crippen LogP contribution in [0.2, 0.25) is 0 Å². The summed E-state index contributed by atoms with van der Waals surface area (Å²) < 4.78 is 14.0. The maximum Gasteiger partial charge on any atom is 0.275 e. The summed E-state index contributed by atoms with van der Waals surface area (Å²) in [5.74, 6) is -0.808. The molecule has 0 spiro atoms. The second-order valence-corrected chi connectivity index (χ2v) is 9.69. The van der Waals surface area contributed by atoms with Gasteiger partial charge in [-0.2, -0.15) is 5.48 Å². The molecule has 0 bridgehead atoms. The summed E-state index contributed by atoms with van der Waals surface area (Å²) in [5.41, 5.74) is 3.71. The van der Waals surface area contributed by atoms with E-state index in [1.54, 1.807) is 49.4 Å². The van der Waals surface area contributed by atoms with E-state index in [0.29, 0.717) is 22.6 Å². The number of hydroxylamine groups is 1. The van der Waals surface area contributed by atoms with E-state index in [9.17, 15) is 19.1 Å². The van der Waals surface area contributed by atoms with E-state index in [4.69, 9.17) is 4.84 Å². The molecule has 0 aliphatic carbocycles. The van der Waals surface area contributed by atoms with Gasteiger partial charge >= 0.3 is 0 Å². The van der Waals surface area contributed by atoms with Gasteiger partial charge in [0.2, 0.25) is 5.91 Å². The number of allylic oxidation sites excluding steroid dienone is 1. The molecule has 2 amide bonds. The fraction of sp³-hybridized carbons (Fsp3) is 0.385. The Labute approximate surface area is 199 Å². The van der Waals surface area contributed by atoms with Crippen molar-refractivity contribution >= 4 is 11.8 Å². The number of rotatable bonds is 7. The lowest BCUT2D eigenvalue weighted by Gasteiger charge is -2.35. The minimum atomic E-state index is -0.878. The zero-order chi connectivity index (χ0) is 25.0. The molecule has 182 valence electrons. The Morgan fingerprint density at radius 1 is 1.18 bits per heavy atom. The van der Waals surface area contributed by atoms with Gasteiger partial charge in [-0.1, -0.05) is 57.7 Å². The topological polar surface area (TPSA) is 90.9 Å². The van der Waals surface area contributed by atoms with Gasteiger partial charge in [-0.15, -0.1) is 0 Å². The van der Waals surface area contributed by atoms with Crippen molar-refractivity contribution in [1.82, 2.24) is 15.7 Å². The number of β-amino-alcohol motifs (C(OH)–C–C–N with tert-alkyl or cyclic N) is 1. The number of nitrogens with one attached hydrogen (secondary N) is 2. The molecule has 34 heavy (non-hydrogen) atoms. The molecular weight excluding hydrogens is 437 g/mol. The number of carbonyl (C=O) groups is 2. The molecule has 1 saturated heterocycles. The van der Waals surface area contributed by atoms with Gasteiger partial charge in [-0.05, 0) is 36.1 Å². The van der Waals surface area contributed by atoms with E-state index in [-0.39, 0.29) is 24.7 Å². The lowest BCUT2D eigenvalue weighted by atomic mass is 9.85. The Morgan fingerprint density at radius 3 is 2.41 bits per heavy atom. The molecule has 3 N–H and O–H groups in total. The summed E-state index contributed by atoms with van der Waals surface area (Å²) >= 11 is 0. The van der Waals surface area contributed by atoms with Gasteiger partial charge in [0, 0.05) is 24.2 Å². The van der Waals surface area contributed by atoms with Crippen molar-refractivity contribution in [1.29, 1.82) is 0 Å². The summed E-state index contributed by atoms with van der Waals surface area (Å²) in [6, 6.07) is 11.5. The predicted molar refractivity (Wildman–Crippen MR) is 128 cm³/mol. The SMILES string of the molecule is C=C(C)N[C@H](C(=O)N1C[C@H](O)C[C@H]1C(=O)NOc1ccc(-c2ccccc2F)cc1)C(C)(C)C. The van der Waals surface area contributed by atoms with Gasteiger partial charge in [0.25, 0.3) is 5.91 Å². The van der Waals surface area contributed by atoms with Crippen LogP contribution in [0.4, 0.5) is 4.39 Å². The van der Waals surface area contributed by atoms with Crippen LogP contribution in [0.5, 0.6) is 5.75 Å². The van der Waals surface area contributed by atoms with Gasteiger partial charge in [0.05, 0.1) is 6.10 Å². The number of amides is 2. The molecule has 7 nitrogen and oxygen atoms in total. The predicted octanol–water partition coefficient (Wildman–Crippen LogP) is 3.40. The van der Waals surface area contributed by atoms with E-state index in [1.807, 2.05) is 20.8 Å². The Morgan fingerprint density at radius 2 is 1.82 bits per heavy atom. The van der Waals surface area contributed by atoms with Crippen LogP contribution < -0.4 is 15.6 Å². The maximum absolute atomic E-state index is 14.0. The minimum Gasteiger partial charge on any atom is -0.391 e. The van der Waals surface area contributed by atoms with E-state index >= 15 is 0 Å². The van der Waals surface area contributed by atoms with Crippen molar-refractivity contribution in [2.24, 2.45) is 5.41 Å². The van der Waals surface area contributed by atoms with E-state index in [0.717, 1.165) is 0 Å². The molecule has 0 aromatic heterocycles. The van der Waals surface area contributed by atoms with E-state index in [1.165, 1.54) is 11.0 Å². The molecule has 2 aromatic carbocycles. The maximum atomic E-state index is 14.0. The number of likely N-dealkylation sites (tertiary alicyclic amines) is 1. The Balaban J connectivity index is 1.68. The van der Waals surface area contributed by atoms with E-state index < -0.39 is 29.5 Å². The Bertz CT molecular complexity index is 1050. The smallest absolute Gasteiger partial charge is 0.275 e. The molecular formula is C26H32FN3O4. The monoisotopic (exact) mass is 469 g/mol. The quantitative estimate of drug-likeness (QED) is 0.541. The van der Waals surface area contributed by atoms with Crippen LogP contribution in [0.1, 0.15) is 34.1 Å². The number of aliphatic hydroxyl groups is 1. The minimum absolute atomic E-state index is 0.0543. The molecule has 0 saturated carbocycles. The van der Waals surface area contributed by atoms with Crippen LogP contribution >= 0.6 is 0 Å². The first kappa shape index (κ1) is 25.2. The van der Waals surface area contributed by atoms with Crippen molar-refractivity contribution < 1.29 is 23.9 Å². The summed E-state index contributed by atoms with van der Waals surface area (Å²) in [7, 11) is 0. The average Bonchev–Trinajstić information content (AvgIpc) is 3.17. The fourth-order valence-corrected chi connectivity index (χ4v) is 3.94. The van der Waals surface area contributed by atoms with Crippen molar-refractivity contribution in [3.8, 4) is 16.9 Å². The van der Waals surface area contributed by atoms with Gasteiger partial charge in [0.15, 0.2) is 5.75 Å². The number of halogens is 1. The normalized spacial score (nSPS) is 18.8. The third-order valence-corrected chi connectivity index (χ3v) is 5.68. The number of hydrogen-bond donors (Lipinski definition) is 3. The third-order valence-electron chi connectivity index (χ3n) is 5.68.